The van der Waals surface area contributed by atoms with Crippen molar-refractivity contribution in [1.29, 1.82) is 0 Å². The zero-order valence-corrected chi connectivity index (χ0v) is 12.8. The summed E-state index contributed by atoms with van der Waals surface area (Å²) in [6.07, 6.45) is 5.12. The molecule has 0 spiro atoms. The molecule has 2 nitrogen and oxygen atoms in total. The highest BCUT2D eigenvalue weighted by Crippen LogP contribution is 2.30. The Kier molecular flexibility index (Phi) is 5.41. The van der Waals surface area contributed by atoms with Gasteiger partial charge in [-0.3, -0.25) is 0 Å². The molecule has 1 aromatic carbocycles. The van der Waals surface area contributed by atoms with Crippen molar-refractivity contribution in [1.82, 2.24) is 5.32 Å². The van der Waals surface area contributed by atoms with Crippen LogP contribution in [0.25, 0.3) is 0 Å². The first kappa shape index (κ1) is 15.3. The van der Waals surface area contributed by atoms with Crippen molar-refractivity contribution < 1.29 is 9.13 Å². The second kappa shape index (κ2) is 7.07. The molecule has 0 bridgehead atoms. The molecular formula is C17H26FNO. The van der Waals surface area contributed by atoms with Gasteiger partial charge < -0.3 is 10.1 Å². The van der Waals surface area contributed by atoms with Crippen molar-refractivity contribution in [2.75, 3.05) is 7.11 Å². The van der Waals surface area contributed by atoms with Gasteiger partial charge in [0.05, 0.1) is 7.11 Å². The molecule has 0 aromatic heterocycles. The summed E-state index contributed by atoms with van der Waals surface area (Å²) < 4.78 is 19.0. The third-order valence-electron chi connectivity index (χ3n) is 4.49. The molecule has 1 aliphatic carbocycles. The molecule has 2 rings (SSSR count). The number of rotatable bonds is 5. The molecular weight excluding hydrogens is 253 g/mol. The van der Waals surface area contributed by atoms with E-state index in [2.05, 4.69) is 19.2 Å². The summed E-state index contributed by atoms with van der Waals surface area (Å²) in [5, 5.41) is 3.57. The monoisotopic (exact) mass is 279 g/mol. The van der Waals surface area contributed by atoms with Crippen LogP contribution in [0.4, 0.5) is 4.39 Å². The lowest BCUT2D eigenvalue weighted by molar-refractivity contribution is 0.204. The standard InChI is InChI=1S/C17H26FNO/c1-12(2)15-6-4-5-7-17(15)19-11-13-8-9-14(20-3)10-16(13)18/h8-10,12,15,17,19H,4-7,11H2,1-3H3. The summed E-state index contributed by atoms with van der Waals surface area (Å²) in [5.41, 5.74) is 0.721. The molecule has 20 heavy (non-hydrogen) atoms. The Labute approximate surface area is 121 Å². The van der Waals surface area contributed by atoms with Crippen molar-refractivity contribution in [3.05, 3.63) is 29.6 Å². The van der Waals surface area contributed by atoms with Crippen LogP contribution in [0, 0.1) is 17.7 Å². The fourth-order valence-corrected chi connectivity index (χ4v) is 3.25. The number of halogens is 1. The fraction of sp³-hybridized carbons (Fsp3) is 0.647. The van der Waals surface area contributed by atoms with E-state index in [0.717, 1.165) is 5.56 Å². The van der Waals surface area contributed by atoms with E-state index in [1.807, 2.05) is 12.1 Å². The summed E-state index contributed by atoms with van der Waals surface area (Å²) in [7, 11) is 1.56. The highest BCUT2D eigenvalue weighted by molar-refractivity contribution is 5.28. The van der Waals surface area contributed by atoms with Crippen LogP contribution in [0.1, 0.15) is 45.1 Å². The van der Waals surface area contributed by atoms with Crippen molar-refractivity contribution in [2.24, 2.45) is 11.8 Å². The van der Waals surface area contributed by atoms with E-state index in [-0.39, 0.29) is 5.82 Å². The number of hydrogen-bond donors (Lipinski definition) is 1. The third-order valence-corrected chi connectivity index (χ3v) is 4.49. The smallest absolute Gasteiger partial charge is 0.131 e. The minimum Gasteiger partial charge on any atom is -0.497 e. The second-order valence-electron chi connectivity index (χ2n) is 6.14. The van der Waals surface area contributed by atoms with Gasteiger partial charge in [0.2, 0.25) is 0 Å². The van der Waals surface area contributed by atoms with Gasteiger partial charge in [0.15, 0.2) is 0 Å². The Hall–Kier alpha value is -1.09. The number of nitrogens with one attached hydrogen (secondary N) is 1. The van der Waals surface area contributed by atoms with Gasteiger partial charge in [0, 0.05) is 24.2 Å². The fourth-order valence-electron chi connectivity index (χ4n) is 3.25. The van der Waals surface area contributed by atoms with E-state index in [0.29, 0.717) is 30.2 Å². The molecule has 2 atom stereocenters. The van der Waals surface area contributed by atoms with Crippen LogP contribution in [-0.4, -0.2) is 13.2 Å². The number of methoxy groups -OCH3 is 1. The average Bonchev–Trinajstić information content (AvgIpc) is 2.46. The molecule has 112 valence electrons. The Morgan fingerprint density at radius 3 is 2.70 bits per heavy atom. The molecule has 1 aromatic rings. The largest absolute Gasteiger partial charge is 0.497 e. The average molecular weight is 279 g/mol. The lowest BCUT2D eigenvalue weighted by Gasteiger charge is -2.35. The number of hydrogen-bond acceptors (Lipinski definition) is 2. The lowest BCUT2D eigenvalue weighted by atomic mass is 9.78. The predicted molar refractivity (Wildman–Crippen MR) is 80.4 cm³/mol. The molecule has 0 radical (unpaired) electrons. The Morgan fingerprint density at radius 1 is 1.30 bits per heavy atom. The van der Waals surface area contributed by atoms with Crippen molar-refractivity contribution in [2.45, 2.75) is 52.1 Å². The first-order valence-electron chi connectivity index (χ1n) is 7.67. The van der Waals surface area contributed by atoms with Gasteiger partial charge in [0.25, 0.3) is 0 Å². The van der Waals surface area contributed by atoms with Crippen LogP contribution < -0.4 is 10.1 Å². The Balaban J connectivity index is 1.96. The highest BCUT2D eigenvalue weighted by atomic mass is 19.1. The van der Waals surface area contributed by atoms with Crippen LogP contribution in [0.15, 0.2) is 18.2 Å². The molecule has 1 fully saturated rings. The topological polar surface area (TPSA) is 21.3 Å². The van der Waals surface area contributed by atoms with Crippen LogP contribution in [-0.2, 0) is 6.54 Å². The molecule has 0 saturated heterocycles. The normalized spacial score (nSPS) is 23.1. The zero-order chi connectivity index (χ0) is 14.5. The van der Waals surface area contributed by atoms with Gasteiger partial charge >= 0.3 is 0 Å². The summed E-state index contributed by atoms with van der Waals surface area (Å²) >= 11 is 0. The van der Waals surface area contributed by atoms with Crippen LogP contribution in [0.3, 0.4) is 0 Å². The quantitative estimate of drug-likeness (QED) is 0.874. The minimum absolute atomic E-state index is 0.186. The van der Waals surface area contributed by atoms with Crippen molar-refractivity contribution >= 4 is 0 Å². The maximum absolute atomic E-state index is 13.9. The zero-order valence-electron chi connectivity index (χ0n) is 12.8. The Morgan fingerprint density at radius 2 is 2.05 bits per heavy atom. The molecule has 1 saturated carbocycles. The summed E-state index contributed by atoms with van der Waals surface area (Å²) in [4.78, 5) is 0. The SMILES string of the molecule is COc1ccc(CNC2CCCCC2C(C)C)c(F)c1. The molecule has 0 amide bonds. The maximum atomic E-state index is 13.9. The van der Waals surface area contributed by atoms with E-state index < -0.39 is 0 Å². The predicted octanol–water partition coefficient (Wildman–Crippen LogP) is 4.14. The molecule has 0 aliphatic heterocycles. The van der Waals surface area contributed by atoms with Crippen LogP contribution in [0.5, 0.6) is 5.75 Å². The van der Waals surface area contributed by atoms with Gasteiger partial charge in [-0.05, 0) is 30.7 Å². The number of ether oxygens (including phenoxy) is 1. The second-order valence-corrected chi connectivity index (χ2v) is 6.14. The number of benzene rings is 1. The van der Waals surface area contributed by atoms with E-state index in [1.54, 1.807) is 7.11 Å². The van der Waals surface area contributed by atoms with Gasteiger partial charge in [-0.25, -0.2) is 4.39 Å². The first-order chi connectivity index (χ1) is 9.61. The Bertz CT molecular complexity index is 433. The van der Waals surface area contributed by atoms with E-state index in [4.69, 9.17) is 4.74 Å². The van der Waals surface area contributed by atoms with E-state index in [9.17, 15) is 4.39 Å². The van der Waals surface area contributed by atoms with Crippen molar-refractivity contribution in [3.63, 3.8) is 0 Å². The van der Waals surface area contributed by atoms with Gasteiger partial charge in [0.1, 0.15) is 11.6 Å². The van der Waals surface area contributed by atoms with Crippen LogP contribution >= 0.6 is 0 Å². The molecule has 1 N–H and O–H groups in total. The lowest BCUT2D eigenvalue weighted by Crippen LogP contribution is -2.40. The van der Waals surface area contributed by atoms with Gasteiger partial charge in [-0.2, -0.15) is 0 Å². The molecule has 3 heteroatoms. The minimum atomic E-state index is -0.186. The molecule has 2 unspecified atom stereocenters. The van der Waals surface area contributed by atoms with Crippen LogP contribution in [0.2, 0.25) is 0 Å². The third kappa shape index (κ3) is 3.72. The van der Waals surface area contributed by atoms with Gasteiger partial charge in [-0.15, -0.1) is 0 Å². The summed E-state index contributed by atoms with van der Waals surface area (Å²) in [6.45, 7) is 5.18. The first-order valence-corrected chi connectivity index (χ1v) is 7.67. The summed E-state index contributed by atoms with van der Waals surface area (Å²) in [6, 6.07) is 5.61. The summed E-state index contributed by atoms with van der Waals surface area (Å²) in [5.74, 6) is 1.79. The highest BCUT2D eigenvalue weighted by Gasteiger charge is 2.27. The van der Waals surface area contributed by atoms with E-state index >= 15 is 0 Å². The molecule has 1 aliphatic rings. The maximum Gasteiger partial charge on any atom is 0.131 e. The van der Waals surface area contributed by atoms with E-state index in [1.165, 1.54) is 31.7 Å². The van der Waals surface area contributed by atoms with Crippen molar-refractivity contribution in [3.8, 4) is 5.75 Å². The van der Waals surface area contributed by atoms with Gasteiger partial charge in [-0.1, -0.05) is 32.8 Å². The molecule has 0 heterocycles.